The fourth-order valence-corrected chi connectivity index (χ4v) is 6.80. The molecule has 0 unspecified atom stereocenters. The molecule has 12 nitrogen and oxygen atoms in total. The molecule has 0 saturated heterocycles. The SMILES string of the molecule is CSCC[C@H](C[C@H](O)[C@H](CC(C)C)NC(=O)[C@H](CCSC)NC(=O)[C@H](CC(C)C)NC(=O)OC(C)(C)C)C(=O)N[C@H](C(=O)NCc1ccccc1)C(C)C. The van der Waals surface area contributed by atoms with Gasteiger partial charge in [0.15, 0.2) is 0 Å². The average molecular weight is 796 g/mol. The highest BCUT2D eigenvalue weighted by Gasteiger charge is 2.34. The lowest BCUT2D eigenvalue weighted by molar-refractivity contribution is -0.133. The fourth-order valence-electron chi connectivity index (χ4n) is 5.81. The van der Waals surface area contributed by atoms with E-state index < -0.39 is 59.7 Å². The third kappa shape index (κ3) is 20.1. The Kier molecular flexibility index (Phi) is 22.9. The first-order valence-electron chi connectivity index (χ1n) is 19.2. The van der Waals surface area contributed by atoms with Gasteiger partial charge in [0.2, 0.25) is 23.6 Å². The van der Waals surface area contributed by atoms with E-state index in [0.29, 0.717) is 43.7 Å². The second-order valence-electron chi connectivity index (χ2n) is 16.1. The number of benzene rings is 1. The van der Waals surface area contributed by atoms with Gasteiger partial charge in [-0.3, -0.25) is 19.2 Å². The lowest BCUT2D eigenvalue weighted by Gasteiger charge is -2.31. The van der Waals surface area contributed by atoms with Crippen molar-refractivity contribution in [1.82, 2.24) is 26.6 Å². The lowest BCUT2D eigenvalue weighted by atomic mass is 9.89. The molecule has 0 fully saturated rings. The van der Waals surface area contributed by atoms with Crippen LogP contribution in [0.4, 0.5) is 4.79 Å². The maximum atomic E-state index is 13.9. The summed E-state index contributed by atoms with van der Waals surface area (Å²) >= 11 is 3.11. The van der Waals surface area contributed by atoms with Crippen LogP contribution >= 0.6 is 23.5 Å². The molecule has 0 spiro atoms. The van der Waals surface area contributed by atoms with Gasteiger partial charge in [-0.25, -0.2) is 4.79 Å². The van der Waals surface area contributed by atoms with Gasteiger partial charge in [-0.15, -0.1) is 0 Å². The molecule has 1 aromatic carbocycles. The van der Waals surface area contributed by atoms with Crippen molar-refractivity contribution in [3.63, 3.8) is 0 Å². The number of nitrogens with one attached hydrogen (secondary N) is 5. The van der Waals surface area contributed by atoms with E-state index in [-0.39, 0.29) is 36.0 Å². The zero-order valence-corrected chi connectivity index (χ0v) is 36.1. The smallest absolute Gasteiger partial charge is 0.408 e. The summed E-state index contributed by atoms with van der Waals surface area (Å²) in [6.07, 6.45) is 3.67. The Morgan fingerprint density at radius 3 is 1.81 bits per heavy atom. The van der Waals surface area contributed by atoms with Gasteiger partial charge < -0.3 is 36.4 Å². The number of amides is 5. The maximum Gasteiger partial charge on any atom is 0.408 e. The number of aliphatic hydroxyl groups excluding tert-OH is 1. The molecular weight excluding hydrogens is 727 g/mol. The number of hydrogen-bond acceptors (Lipinski definition) is 9. The number of carbonyl (C=O) groups is 5. The van der Waals surface area contributed by atoms with Gasteiger partial charge in [0.1, 0.15) is 23.7 Å². The Balaban J connectivity index is 3.19. The minimum Gasteiger partial charge on any atom is -0.444 e. The average Bonchev–Trinajstić information content (AvgIpc) is 3.07. The molecule has 0 aliphatic carbocycles. The van der Waals surface area contributed by atoms with Crippen molar-refractivity contribution in [2.45, 2.75) is 137 Å². The Bertz CT molecular complexity index is 1290. The Morgan fingerprint density at radius 2 is 1.28 bits per heavy atom. The van der Waals surface area contributed by atoms with Crippen molar-refractivity contribution in [1.29, 1.82) is 0 Å². The topological polar surface area (TPSA) is 175 Å². The monoisotopic (exact) mass is 795 g/mol. The summed E-state index contributed by atoms with van der Waals surface area (Å²) in [5.41, 5.74) is 0.195. The minimum absolute atomic E-state index is 0.0653. The number of aliphatic hydroxyl groups is 1. The molecule has 14 heteroatoms. The third-order valence-corrected chi connectivity index (χ3v) is 9.89. The number of thioether (sulfide) groups is 2. The van der Waals surface area contributed by atoms with Crippen molar-refractivity contribution < 1.29 is 33.8 Å². The molecule has 5 amide bonds. The van der Waals surface area contributed by atoms with E-state index >= 15 is 0 Å². The zero-order valence-electron chi connectivity index (χ0n) is 34.5. The number of ether oxygens (including phenoxy) is 1. The fraction of sp³-hybridized carbons (Fsp3) is 0.725. The van der Waals surface area contributed by atoms with Crippen LogP contribution in [-0.2, 0) is 30.5 Å². The van der Waals surface area contributed by atoms with E-state index in [4.69, 9.17) is 4.74 Å². The van der Waals surface area contributed by atoms with E-state index in [0.717, 1.165) is 5.56 Å². The predicted molar refractivity (Wildman–Crippen MR) is 221 cm³/mol. The van der Waals surface area contributed by atoms with Crippen molar-refractivity contribution >= 4 is 53.2 Å². The van der Waals surface area contributed by atoms with Gasteiger partial charge in [-0.1, -0.05) is 71.9 Å². The standard InChI is InChI=1S/C40H69N5O7S2/c1-25(2)21-31(43-36(48)30(18-20-54-11)42-37(49)32(22-26(3)4)44-39(51)52-40(7,8)9)33(46)23-29(17-19-53-10)35(47)45-34(27(5)6)38(50)41-24-28-15-13-12-14-16-28/h12-16,25-27,29-34,46H,17-24H2,1-11H3,(H,41,50)(H,42,49)(H,43,48)(H,44,51)(H,45,47)/t29-,30+,31+,32+,33+,34+/m1/s1. The molecular formula is C40H69N5O7S2. The summed E-state index contributed by atoms with van der Waals surface area (Å²) in [5.74, 6) is -0.975. The summed E-state index contributed by atoms with van der Waals surface area (Å²) in [5, 5.41) is 26.1. The van der Waals surface area contributed by atoms with Gasteiger partial charge in [0, 0.05) is 12.5 Å². The molecule has 0 aliphatic heterocycles. The Hall–Kier alpha value is -2.97. The van der Waals surface area contributed by atoms with Crippen molar-refractivity contribution in [2.75, 3.05) is 24.0 Å². The molecule has 1 aromatic rings. The van der Waals surface area contributed by atoms with E-state index in [1.54, 1.807) is 32.5 Å². The molecule has 0 bridgehead atoms. The van der Waals surface area contributed by atoms with Crippen LogP contribution in [0.1, 0.15) is 100.0 Å². The second-order valence-corrected chi connectivity index (χ2v) is 18.1. The molecule has 6 N–H and O–H groups in total. The highest BCUT2D eigenvalue weighted by Crippen LogP contribution is 2.21. The largest absolute Gasteiger partial charge is 0.444 e. The first-order chi connectivity index (χ1) is 25.3. The number of hydrogen-bond donors (Lipinski definition) is 6. The quantitative estimate of drug-likeness (QED) is 0.0815. The minimum atomic E-state index is -1.09. The number of alkyl carbamates (subject to hydrolysis) is 1. The molecule has 0 saturated carbocycles. The van der Waals surface area contributed by atoms with Crippen molar-refractivity contribution in [2.24, 2.45) is 23.7 Å². The summed E-state index contributed by atoms with van der Waals surface area (Å²) in [7, 11) is 0. The Morgan fingerprint density at radius 1 is 0.704 bits per heavy atom. The molecule has 0 aliphatic rings. The molecule has 0 radical (unpaired) electrons. The van der Waals surface area contributed by atoms with E-state index in [2.05, 4.69) is 26.6 Å². The van der Waals surface area contributed by atoms with Crippen molar-refractivity contribution in [3.8, 4) is 0 Å². The molecule has 6 atom stereocenters. The van der Waals surface area contributed by atoms with Crippen LogP contribution in [0.15, 0.2) is 30.3 Å². The Labute approximate surface area is 333 Å². The number of carbonyl (C=O) groups excluding carboxylic acids is 5. The molecule has 1 rings (SSSR count). The summed E-state index contributed by atoms with van der Waals surface area (Å²) in [6, 6.07) is 6.20. The first kappa shape index (κ1) is 49.0. The first-order valence-corrected chi connectivity index (χ1v) is 21.9. The molecule has 54 heavy (non-hydrogen) atoms. The number of rotatable bonds is 24. The zero-order chi connectivity index (χ0) is 41.0. The normalized spacial score (nSPS) is 15.1. The van der Waals surface area contributed by atoms with Gasteiger partial charge >= 0.3 is 6.09 Å². The lowest BCUT2D eigenvalue weighted by Crippen LogP contribution is -2.57. The van der Waals surface area contributed by atoms with Crippen LogP contribution < -0.4 is 26.6 Å². The predicted octanol–water partition coefficient (Wildman–Crippen LogP) is 5.27. The third-order valence-electron chi connectivity index (χ3n) is 8.60. The van der Waals surface area contributed by atoms with Crippen LogP contribution in [0, 0.1) is 23.7 Å². The van der Waals surface area contributed by atoms with E-state index in [1.807, 2.05) is 84.4 Å². The molecule has 0 heterocycles. The van der Waals surface area contributed by atoms with Crippen LogP contribution in [-0.4, -0.2) is 94.7 Å². The van der Waals surface area contributed by atoms with Gasteiger partial charge in [-0.05, 0) is 100 Å². The van der Waals surface area contributed by atoms with Crippen LogP contribution in [0.3, 0.4) is 0 Å². The molecule has 308 valence electrons. The highest BCUT2D eigenvalue weighted by atomic mass is 32.2. The van der Waals surface area contributed by atoms with E-state index in [9.17, 15) is 29.1 Å². The summed E-state index contributed by atoms with van der Waals surface area (Å²) in [4.78, 5) is 67.1. The maximum absolute atomic E-state index is 13.9. The van der Waals surface area contributed by atoms with Gasteiger partial charge in [0.05, 0.1) is 12.1 Å². The van der Waals surface area contributed by atoms with E-state index in [1.165, 1.54) is 11.8 Å². The van der Waals surface area contributed by atoms with Crippen LogP contribution in [0.25, 0.3) is 0 Å². The summed E-state index contributed by atoms with van der Waals surface area (Å²) in [6.45, 7) is 17.1. The van der Waals surface area contributed by atoms with Gasteiger partial charge in [-0.2, -0.15) is 23.5 Å². The van der Waals surface area contributed by atoms with Crippen LogP contribution in [0.5, 0.6) is 0 Å². The highest BCUT2D eigenvalue weighted by molar-refractivity contribution is 7.98. The van der Waals surface area contributed by atoms with Crippen LogP contribution in [0.2, 0.25) is 0 Å². The molecule has 0 aromatic heterocycles. The van der Waals surface area contributed by atoms with Crippen molar-refractivity contribution in [3.05, 3.63) is 35.9 Å². The second kappa shape index (κ2) is 25.2. The summed E-state index contributed by atoms with van der Waals surface area (Å²) < 4.78 is 5.39. The van der Waals surface area contributed by atoms with Gasteiger partial charge in [0.25, 0.3) is 0 Å².